The van der Waals surface area contributed by atoms with E-state index in [1.165, 1.54) is 18.4 Å². The lowest BCUT2D eigenvalue weighted by Crippen LogP contribution is -2.33. The van der Waals surface area contributed by atoms with E-state index in [4.69, 9.17) is 0 Å². The van der Waals surface area contributed by atoms with Gasteiger partial charge >= 0.3 is 0 Å². The van der Waals surface area contributed by atoms with Crippen molar-refractivity contribution in [3.63, 3.8) is 0 Å². The third kappa shape index (κ3) is 3.56. The molecule has 22 heavy (non-hydrogen) atoms. The van der Waals surface area contributed by atoms with Crippen LogP contribution < -0.4 is 4.90 Å². The highest BCUT2D eigenvalue weighted by molar-refractivity contribution is 7.89. The van der Waals surface area contributed by atoms with Gasteiger partial charge in [-0.1, -0.05) is 6.92 Å². The molecule has 1 aliphatic rings. The molecule has 1 aromatic rings. The molecule has 0 bridgehead atoms. The fourth-order valence-electron chi connectivity index (χ4n) is 2.58. The molecule has 0 unspecified atom stereocenters. The Balaban J connectivity index is 2.14. The molecule has 0 spiro atoms. The van der Waals surface area contributed by atoms with Crippen LogP contribution in [-0.4, -0.2) is 66.8 Å². The van der Waals surface area contributed by atoms with Gasteiger partial charge in [-0.3, -0.25) is 0 Å². The van der Waals surface area contributed by atoms with Gasteiger partial charge in [-0.05, 0) is 18.9 Å². The van der Waals surface area contributed by atoms with Crippen molar-refractivity contribution in [2.75, 3.05) is 37.8 Å². The number of hydrogen-bond donors (Lipinski definition) is 1. The summed E-state index contributed by atoms with van der Waals surface area (Å²) in [5.41, 5.74) is 2.02. The van der Waals surface area contributed by atoms with Crippen LogP contribution in [0, 0.1) is 12.8 Å². The molecule has 0 amide bonds. The first-order valence-corrected chi connectivity index (χ1v) is 9.01. The molecule has 124 valence electrons. The predicted octanol–water partition coefficient (Wildman–Crippen LogP) is 0.0359. The number of nitrogens with zero attached hydrogens (tertiary/aromatic N) is 4. The van der Waals surface area contributed by atoms with Gasteiger partial charge in [0, 0.05) is 45.0 Å². The molecular weight excluding hydrogens is 304 g/mol. The molecule has 1 aliphatic heterocycles. The predicted molar refractivity (Wildman–Crippen MR) is 85.3 cm³/mol. The van der Waals surface area contributed by atoms with Crippen LogP contribution >= 0.6 is 0 Å². The van der Waals surface area contributed by atoms with Crippen molar-refractivity contribution < 1.29 is 13.5 Å². The van der Waals surface area contributed by atoms with E-state index in [0.29, 0.717) is 19.0 Å². The van der Waals surface area contributed by atoms with Crippen LogP contribution in [0.2, 0.25) is 0 Å². The van der Waals surface area contributed by atoms with E-state index in [1.807, 2.05) is 18.7 Å². The number of rotatable bonds is 5. The molecule has 1 fully saturated rings. The van der Waals surface area contributed by atoms with Crippen molar-refractivity contribution in [3.8, 4) is 0 Å². The highest BCUT2D eigenvalue weighted by atomic mass is 32.2. The molecule has 1 aromatic heterocycles. The summed E-state index contributed by atoms with van der Waals surface area (Å²) in [6.07, 6.45) is 1.90. The van der Waals surface area contributed by atoms with Crippen molar-refractivity contribution in [3.05, 3.63) is 17.5 Å². The van der Waals surface area contributed by atoms with E-state index in [9.17, 15) is 13.5 Å². The molecule has 1 N–H and O–H groups in total. The number of anilines is 1. The van der Waals surface area contributed by atoms with Crippen molar-refractivity contribution in [2.45, 2.75) is 26.4 Å². The molecule has 2 rings (SSSR count). The van der Waals surface area contributed by atoms with Crippen molar-refractivity contribution in [2.24, 2.45) is 5.92 Å². The molecule has 8 heteroatoms. The van der Waals surface area contributed by atoms with Crippen molar-refractivity contribution in [1.29, 1.82) is 0 Å². The van der Waals surface area contributed by atoms with E-state index >= 15 is 0 Å². The standard InChI is InChI=1S/C14H24N4O3S/c1-5-12-10(2)6-15-14(16-12)18-7-11(13(19)8-18)9-22(20,21)17(3)4/h6,11,13,19H,5,7-9H2,1-4H3/t11-,13-/m0/s1. The monoisotopic (exact) mass is 328 g/mol. The fraction of sp³-hybridized carbons (Fsp3) is 0.714. The van der Waals surface area contributed by atoms with Crippen LogP contribution in [0.15, 0.2) is 6.20 Å². The maximum atomic E-state index is 12.0. The molecule has 0 aliphatic carbocycles. The number of β-amino-alcohol motifs (C(OH)–C–C–N with tert-alkyl or cyclic N) is 1. The summed E-state index contributed by atoms with van der Waals surface area (Å²) in [5.74, 6) is 0.165. The smallest absolute Gasteiger partial charge is 0.225 e. The Labute approximate surface area is 132 Å². The minimum Gasteiger partial charge on any atom is -0.391 e. The SMILES string of the molecule is CCc1nc(N2C[C@@H](CS(=O)(=O)N(C)C)[C@@H](O)C2)ncc1C. The average molecular weight is 328 g/mol. The summed E-state index contributed by atoms with van der Waals surface area (Å²) in [7, 11) is -0.324. The van der Waals surface area contributed by atoms with E-state index in [2.05, 4.69) is 9.97 Å². The topological polar surface area (TPSA) is 86.6 Å². The third-order valence-corrected chi connectivity index (χ3v) is 6.03. The van der Waals surface area contributed by atoms with Crippen LogP contribution in [-0.2, 0) is 16.4 Å². The van der Waals surface area contributed by atoms with E-state index in [1.54, 1.807) is 6.20 Å². The lowest BCUT2D eigenvalue weighted by Gasteiger charge is -2.18. The quantitative estimate of drug-likeness (QED) is 0.821. The van der Waals surface area contributed by atoms with Gasteiger partial charge in [0.2, 0.25) is 16.0 Å². The second-order valence-corrected chi connectivity index (χ2v) is 8.17. The number of aryl methyl sites for hydroxylation is 2. The third-order valence-electron chi connectivity index (χ3n) is 4.07. The van der Waals surface area contributed by atoms with Crippen LogP contribution in [0.25, 0.3) is 0 Å². The second-order valence-electron chi connectivity index (χ2n) is 5.95. The Morgan fingerprint density at radius 3 is 2.68 bits per heavy atom. The van der Waals surface area contributed by atoms with Gasteiger partial charge in [-0.2, -0.15) is 0 Å². The summed E-state index contributed by atoms with van der Waals surface area (Å²) in [6.45, 7) is 4.80. The number of aromatic nitrogens is 2. The number of hydrogen-bond acceptors (Lipinski definition) is 6. The lowest BCUT2D eigenvalue weighted by atomic mass is 10.1. The molecule has 2 heterocycles. The van der Waals surface area contributed by atoms with Crippen molar-refractivity contribution in [1.82, 2.24) is 14.3 Å². The molecule has 2 atom stereocenters. The first-order valence-electron chi connectivity index (χ1n) is 7.40. The van der Waals surface area contributed by atoms with Crippen LogP contribution in [0.4, 0.5) is 5.95 Å². The summed E-state index contributed by atoms with van der Waals surface area (Å²) >= 11 is 0. The van der Waals surface area contributed by atoms with Crippen LogP contribution in [0.3, 0.4) is 0 Å². The Hall–Kier alpha value is -1.25. The van der Waals surface area contributed by atoms with E-state index in [0.717, 1.165) is 17.7 Å². The molecule has 0 aromatic carbocycles. The summed E-state index contributed by atoms with van der Waals surface area (Å²) < 4.78 is 25.2. The first-order chi connectivity index (χ1) is 10.2. The lowest BCUT2D eigenvalue weighted by molar-refractivity contribution is 0.157. The maximum Gasteiger partial charge on any atom is 0.225 e. The molecule has 0 radical (unpaired) electrons. The zero-order valence-electron chi connectivity index (χ0n) is 13.5. The van der Waals surface area contributed by atoms with Gasteiger partial charge < -0.3 is 10.0 Å². The minimum atomic E-state index is -3.33. The minimum absolute atomic E-state index is 0.0653. The Kier molecular flexibility index (Phi) is 5.03. The van der Waals surface area contributed by atoms with Gasteiger partial charge in [0.1, 0.15) is 0 Å². The Morgan fingerprint density at radius 2 is 2.09 bits per heavy atom. The first kappa shape index (κ1) is 17.1. The fourth-order valence-corrected chi connectivity index (χ4v) is 3.74. The van der Waals surface area contributed by atoms with Gasteiger partial charge in [0.15, 0.2) is 0 Å². The van der Waals surface area contributed by atoms with Crippen LogP contribution in [0.5, 0.6) is 0 Å². The van der Waals surface area contributed by atoms with Crippen LogP contribution in [0.1, 0.15) is 18.2 Å². The normalized spacial score (nSPS) is 22.5. The summed E-state index contributed by atoms with van der Waals surface area (Å²) in [6, 6.07) is 0. The largest absolute Gasteiger partial charge is 0.391 e. The summed E-state index contributed by atoms with van der Waals surface area (Å²) in [4.78, 5) is 10.7. The van der Waals surface area contributed by atoms with E-state index < -0.39 is 16.1 Å². The van der Waals surface area contributed by atoms with Gasteiger partial charge in [-0.25, -0.2) is 22.7 Å². The highest BCUT2D eigenvalue weighted by Gasteiger charge is 2.36. The Bertz CT molecular complexity index is 633. The average Bonchev–Trinajstić information content (AvgIpc) is 2.80. The van der Waals surface area contributed by atoms with Gasteiger partial charge in [0.25, 0.3) is 0 Å². The second kappa shape index (κ2) is 6.47. The zero-order chi connectivity index (χ0) is 16.5. The molecular formula is C14H24N4O3S. The number of sulfonamides is 1. The highest BCUT2D eigenvalue weighted by Crippen LogP contribution is 2.23. The summed E-state index contributed by atoms with van der Waals surface area (Å²) in [5, 5.41) is 10.2. The Morgan fingerprint density at radius 1 is 1.41 bits per heavy atom. The van der Waals surface area contributed by atoms with Gasteiger partial charge in [-0.15, -0.1) is 0 Å². The molecule has 0 saturated carbocycles. The maximum absolute atomic E-state index is 12.0. The van der Waals surface area contributed by atoms with Gasteiger partial charge in [0.05, 0.1) is 11.9 Å². The number of aliphatic hydroxyl groups is 1. The molecule has 7 nitrogen and oxygen atoms in total. The van der Waals surface area contributed by atoms with E-state index in [-0.39, 0.29) is 11.7 Å². The molecule has 1 saturated heterocycles. The zero-order valence-corrected chi connectivity index (χ0v) is 14.3. The number of aliphatic hydroxyl groups excluding tert-OH is 1. The van der Waals surface area contributed by atoms with Crippen molar-refractivity contribution >= 4 is 16.0 Å².